The summed E-state index contributed by atoms with van der Waals surface area (Å²) in [7, 11) is 0. The summed E-state index contributed by atoms with van der Waals surface area (Å²) in [6.45, 7) is 9.30. The van der Waals surface area contributed by atoms with Crippen LogP contribution in [0.4, 0.5) is 0 Å². The Bertz CT molecular complexity index is 201. The van der Waals surface area contributed by atoms with Crippen LogP contribution in [0.15, 0.2) is 12.2 Å². The smallest absolute Gasteiger partial charge is 0.162 e. The standard InChI is InChI=1S/C14H26O2/c1-4-6-8-9-13-12(3)11-14(16-13)15-10-7-5-2/h13-14H,3-11H2,1-2H3. The van der Waals surface area contributed by atoms with E-state index in [4.69, 9.17) is 9.47 Å². The molecule has 94 valence electrons. The van der Waals surface area contributed by atoms with E-state index in [1.165, 1.54) is 31.3 Å². The minimum atomic E-state index is -0.0225. The highest BCUT2D eigenvalue weighted by Crippen LogP contribution is 2.28. The Morgan fingerprint density at radius 1 is 1.25 bits per heavy atom. The molecule has 1 fully saturated rings. The Kier molecular flexibility index (Phi) is 6.74. The molecule has 2 atom stereocenters. The normalized spacial score (nSPS) is 25.2. The number of ether oxygens (including phenoxy) is 2. The van der Waals surface area contributed by atoms with Crippen LogP contribution in [0.1, 0.15) is 58.8 Å². The lowest BCUT2D eigenvalue weighted by molar-refractivity contribution is -0.134. The molecule has 2 unspecified atom stereocenters. The van der Waals surface area contributed by atoms with E-state index >= 15 is 0 Å². The third-order valence-corrected chi connectivity index (χ3v) is 3.07. The predicted octanol–water partition coefficient (Wildman–Crippen LogP) is 4.05. The Morgan fingerprint density at radius 3 is 2.69 bits per heavy atom. The molecule has 2 nitrogen and oxygen atoms in total. The van der Waals surface area contributed by atoms with Crippen molar-refractivity contribution in [3.8, 4) is 0 Å². The summed E-state index contributed by atoms with van der Waals surface area (Å²) in [6, 6.07) is 0. The Morgan fingerprint density at radius 2 is 2.00 bits per heavy atom. The molecular formula is C14H26O2. The molecule has 16 heavy (non-hydrogen) atoms. The van der Waals surface area contributed by atoms with Gasteiger partial charge in [-0.05, 0) is 18.4 Å². The molecule has 1 saturated heterocycles. The second-order valence-corrected chi connectivity index (χ2v) is 4.64. The van der Waals surface area contributed by atoms with E-state index < -0.39 is 0 Å². The van der Waals surface area contributed by atoms with Crippen LogP contribution in [0.5, 0.6) is 0 Å². The van der Waals surface area contributed by atoms with Crippen LogP contribution >= 0.6 is 0 Å². The minimum Gasteiger partial charge on any atom is -0.352 e. The Labute approximate surface area is 100 Å². The van der Waals surface area contributed by atoms with Crippen molar-refractivity contribution in [1.29, 1.82) is 0 Å². The minimum absolute atomic E-state index is 0.0225. The van der Waals surface area contributed by atoms with E-state index in [-0.39, 0.29) is 12.4 Å². The maximum atomic E-state index is 5.85. The lowest BCUT2D eigenvalue weighted by atomic mass is 10.0. The van der Waals surface area contributed by atoms with Crippen molar-refractivity contribution < 1.29 is 9.47 Å². The van der Waals surface area contributed by atoms with Gasteiger partial charge >= 0.3 is 0 Å². The maximum absolute atomic E-state index is 5.85. The third kappa shape index (κ3) is 4.67. The molecule has 0 radical (unpaired) electrons. The topological polar surface area (TPSA) is 18.5 Å². The van der Waals surface area contributed by atoms with Crippen molar-refractivity contribution in [3.05, 3.63) is 12.2 Å². The molecule has 1 aliphatic rings. The quantitative estimate of drug-likeness (QED) is 0.459. The SMILES string of the molecule is C=C1CC(OCCCC)OC1CCCCC. The summed E-state index contributed by atoms with van der Waals surface area (Å²) >= 11 is 0. The van der Waals surface area contributed by atoms with Crippen LogP contribution in [0.25, 0.3) is 0 Å². The first-order chi connectivity index (χ1) is 7.77. The van der Waals surface area contributed by atoms with Gasteiger partial charge in [-0.1, -0.05) is 46.1 Å². The van der Waals surface area contributed by atoms with Crippen LogP contribution < -0.4 is 0 Å². The number of hydrogen-bond donors (Lipinski definition) is 0. The second kappa shape index (κ2) is 7.86. The third-order valence-electron chi connectivity index (χ3n) is 3.07. The zero-order valence-corrected chi connectivity index (χ0v) is 10.8. The van der Waals surface area contributed by atoms with Gasteiger partial charge in [-0.2, -0.15) is 0 Å². The van der Waals surface area contributed by atoms with Crippen LogP contribution in [0.3, 0.4) is 0 Å². The fourth-order valence-corrected chi connectivity index (χ4v) is 1.98. The van der Waals surface area contributed by atoms with Gasteiger partial charge in [0.2, 0.25) is 0 Å². The Balaban J connectivity index is 2.16. The molecule has 0 aliphatic carbocycles. The number of rotatable bonds is 8. The van der Waals surface area contributed by atoms with E-state index in [2.05, 4.69) is 20.4 Å². The largest absolute Gasteiger partial charge is 0.352 e. The van der Waals surface area contributed by atoms with Crippen molar-refractivity contribution in [3.63, 3.8) is 0 Å². The second-order valence-electron chi connectivity index (χ2n) is 4.64. The zero-order chi connectivity index (χ0) is 11.8. The van der Waals surface area contributed by atoms with Gasteiger partial charge in [0.05, 0.1) is 6.10 Å². The van der Waals surface area contributed by atoms with Crippen molar-refractivity contribution in [2.45, 2.75) is 71.2 Å². The van der Waals surface area contributed by atoms with Crippen molar-refractivity contribution in [2.24, 2.45) is 0 Å². The first-order valence-corrected chi connectivity index (χ1v) is 6.72. The molecule has 0 aromatic carbocycles. The molecule has 0 aromatic heterocycles. The van der Waals surface area contributed by atoms with Gasteiger partial charge in [0.1, 0.15) is 0 Å². The molecule has 0 saturated carbocycles. The van der Waals surface area contributed by atoms with E-state index in [9.17, 15) is 0 Å². The first-order valence-electron chi connectivity index (χ1n) is 6.72. The summed E-state index contributed by atoms with van der Waals surface area (Å²) in [5, 5.41) is 0. The van der Waals surface area contributed by atoms with Crippen LogP contribution in [-0.4, -0.2) is 19.0 Å². The van der Waals surface area contributed by atoms with Gasteiger partial charge in [-0.25, -0.2) is 0 Å². The highest BCUT2D eigenvalue weighted by atomic mass is 16.7. The van der Waals surface area contributed by atoms with E-state index in [1.807, 2.05) is 0 Å². The van der Waals surface area contributed by atoms with E-state index in [1.54, 1.807) is 0 Å². The van der Waals surface area contributed by atoms with Crippen molar-refractivity contribution in [2.75, 3.05) is 6.61 Å². The average molecular weight is 226 g/mol. The molecule has 1 rings (SSSR count). The molecule has 1 heterocycles. The molecule has 0 spiro atoms. The van der Waals surface area contributed by atoms with Crippen molar-refractivity contribution >= 4 is 0 Å². The maximum Gasteiger partial charge on any atom is 0.162 e. The highest BCUT2D eigenvalue weighted by molar-refractivity contribution is 5.07. The van der Waals surface area contributed by atoms with E-state index in [0.717, 1.165) is 25.9 Å². The lowest BCUT2D eigenvalue weighted by Gasteiger charge is -2.13. The zero-order valence-electron chi connectivity index (χ0n) is 10.8. The van der Waals surface area contributed by atoms with Crippen LogP contribution in [0, 0.1) is 0 Å². The summed E-state index contributed by atoms with van der Waals surface area (Å²) in [6.07, 6.45) is 8.30. The Hall–Kier alpha value is -0.340. The highest BCUT2D eigenvalue weighted by Gasteiger charge is 2.28. The summed E-state index contributed by atoms with van der Waals surface area (Å²) < 4.78 is 11.5. The number of unbranched alkanes of at least 4 members (excludes halogenated alkanes) is 3. The summed E-state index contributed by atoms with van der Waals surface area (Å²) in [5.74, 6) is 0. The van der Waals surface area contributed by atoms with Gasteiger partial charge < -0.3 is 9.47 Å². The molecular weight excluding hydrogens is 200 g/mol. The van der Waals surface area contributed by atoms with Gasteiger partial charge in [0, 0.05) is 13.0 Å². The lowest BCUT2D eigenvalue weighted by Crippen LogP contribution is -2.15. The molecule has 0 N–H and O–H groups in total. The fourth-order valence-electron chi connectivity index (χ4n) is 1.98. The van der Waals surface area contributed by atoms with Gasteiger partial charge in [0.25, 0.3) is 0 Å². The molecule has 1 aliphatic heterocycles. The van der Waals surface area contributed by atoms with Gasteiger partial charge in [0.15, 0.2) is 6.29 Å². The molecule has 0 amide bonds. The molecule has 0 aromatic rings. The molecule has 2 heteroatoms. The van der Waals surface area contributed by atoms with Crippen molar-refractivity contribution in [1.82, 2.24) is 0 Å². The van der Waals surface area contributed by atoms with Crippen LogP contribution in [-0.2, 0) is 9.47 Å². The van der Waals surface area contributed by atoms with Crippen LogP contribution in [0.2, 0.25) is 0 Å². The van der Waals surface area contributed by atoms with Gasteiger partial charge in [-0.15, -0.1) is 0 Å². The van der Waals surface area contributed by atoms with E-state index in [0.29, 0.717) is 0 Å². The van der Waals surface area contributed by atoms with Gasteiger partial charge in [-0.3, -0.25) is 0 Å². The summed E-state index contributed by atoms with van der Waals surface area (Å²) in [4.78, 5) is 0. The number of hydrogen-bond acceptors (Lipinski definition) is 2. The average Bonchev–Trinajstić information content (AvgIpc) is 2.61. The predicted molar refractivity (Wildman–Crippen MR) is 67.4 cm³/mol. The summed E-state index contributed by atoms with van der Waals surface area (Å²) in [5.41, 5.74) is 1.22. The first kappa shape index (κ1) is 13.7. The fraction of sp³-hybridized carbons (Fsp3) is 0.857. The molecule has 0 bridgehead atoms. The monoisotopic (exact) mass is 226 g/mol.